The van der Waals surface area contributed by atoms with Crippen molar-refractivity contribution >= 4 is 42.8 Å². The molecule has 7 aromatic rings. The van der Waals surface area contributed by atoms with Crippen LogP contribution in [-0.2, 0) is 26.5 Å². The molecular weight excluding hydrogens is 801 g/mol. The quantitative estimate of drug-likeness (QED) is 0.146. The molecule has 245 valence electrons. The van der Waals surface area contributed by atoms with Gasteiger partial charge in [-0.15, -0.1) is 47.2 Å². The molecule has 0 bridgehead atoms. The number of hydrogen-bond acceptors (Lipinski definition) is 7. The number of aliphatic hydroxyl groups is 3. The molecule has 1 radical (unpaired) electrons. The second-order valence-corrected chi connectivity index (χ2v) is 12.5. The van der Waals surface area contributed by atoms with E-state index in [4.69, 9.17) is 5.11 Å². The van der Waals surface area contributed by atoms with E-state index in [1.54, 1.807) is 29.6 Å². The van der Waals surface area contributed by atoms with E-state index >= 15 is 0 Å². The first-order valence-corrected chi connectivity index (χ1v) is 16.6. The Hall–Kier alpha value is -3.59. The first-order chi connectivity index (χ1) is 22.5. The minimum Gasteiger partial charge on any atom is -0.400 e. The molecule has 0 spiro atoms. The predicted molar refractivity (Wildman–Crippen MR) is 193 cm³/mol. The van der Waals surface area contributed by atoms with Crippen LogP contribution in [0.1, 0.15) is 19.4 Å². The standard InChI is InChI=1S/2C13H8NS.C12H18O2.CH4O.Ir/c2*1-2-7-12-10(5-1)9-13(15-12)11-6-3-4-8-14-11;1-9(10(2)13)12(14)8-11-6-4-3-5-7-11;1-2;/h2*1-8H;3-7,9-10,12-14H,8H2,1-2H3;2H,1H3;/q2*-1;;;. The van der Waals surface area contributed by atoms with Gasteiger partial charge in [-0.05, 0) is 50.2 Å². The summed E-state index contributed by atoms with van der Waals surface area (Å²) < 4.78 is 2.52. The molecule has 3 N–H and O–H groups in total. The average Bonchev–Trinajstić information content (AvgIpc) is 3.76. The number of nitrogens with zero attached hydrogens (tertiary/aromatic N) is 2. The minimum atomic E-state index is -0.475. The first kappa shape index (κ1) is 37.9. The number of aliphatic hydroxyl groups excluding tert-OH is 3. The molecule has 0 saturated heterocycles. The summed E-state index contributed by atoms with van der Waals surface area (Å²) >= 11 is 3.46. The molecule has 47 heavy (non-hydrogen) atoms. The predicted octanol–water partition coefficient (Wildman–Crippen LogP) is 8.74. The largest absolute Gasteiger partial charge is 0.400 e. The van der Waals surface area contributed by atoms with Gasteiger partial charge in [0.2, 0.25) is 0 Å². The van der Waals surface area contributed by atoms with E-state index in [0.29, 0.717) is 6.42 Å². The van der Waals surface area contributed by atoms with Gasteiger partial charge in [-0.3, -0.25) is 0 Å². The maximum absolute atomic E-state index is 9.78. The minimum absolute atomic E-state index is 0. The molecule has 4 heterocycles. The Bertz CT molecular complexity index is 1690. The molecule has 0 aliphatic carbocycles. The van der Waals surface area contributed by atoms with Gasteiger partial charge in [0, 0.05) is 56.9 Å². The smallest absolute Gasteiger partial charge is 0.0630 e. The number of pyridine rings is 2. The van der Waals surface area contributed by atoms with Crippen LogP contribution in [0.3, 0.4) is 0 Å². The Kier molecular flexibility index (Phi) is 16.1. The zero-order valence-electron chi connectivity index (χ0n) is 26.4. The van der Waals surface area contributed by atoms with Crippen molar-refractivity contribution in [1.29, 1.82) is 0 Å². The third kappa shape index (κ3) is 11.3. The number of benzene rings is 3. The topological polar surface area (TPSA) is 86.5 Å². The van der Waals surface area contributed by atoms with Crippen molar-refractivity contribution in [2.24, 2.45) is 5.92 Å². The molecule has 0 aliphatic rings. The second kappa shape index (κ2) is 19.9. The van der Waals surface area contributed by atoms with Crippen molar-refractivity contribution < 1.29 is 35.4 Å². The number of aromatic nitrogens is 2. The Labute approximate surface area is 298 Å². The summed E-state index contributed by atoms with van der Waals surface area (Å²) in [6.45, 7) is 3.57. The number of hydrogen-bond donors (Lipinski definition) is 3. The summed E-state index contributed by atoms with van der Waals surface area (Å²) in [5, 5.41) is 28.4. The van der Waals surface area contributed by atoms with Gasteiger partial charge in [0.05, 0.1) is 12.2 Å². The van der Waals surface area contributed by atoms with Gasteiger partial charge in [0.15, 0.2) is 0 Å². The molecule has 3 aromatic carbocycles. The fourth-order valence-corrected chi connectivity index (χ4v) is 6.39. The van der Waals surface area contributed by atoms with E-state index in [1.165, 1.54) is 20.2 Å². The van der Waals surface area contributed by atoms with Crippen molar-refractivity contribution in [2.75, 3.05) is 7.11 Å². The monoisotopic (exact) mass is 839 g/mol. The Balaban J connectivity index is 0.000000185. The van der Waals surface area contributed by atoms with Gasteiger partial charge >= 0.3 is 0 Å². The van der Waals surface area contributed by atoms with Crippen LogP contribution in [-0.4, -0.2) is 44.6 Å². The van der Waals surface area contributed by atoms with E-state index < -0.39 is 12.2 Å². The van der Waals surface area contributed by atoms with Crippen LogP contribution in [0.2, 0.25) is 0 Å². The van der Waals surface area contributed by atoms with Crippen LogP contribution in [0.15, 0.2) is 128 Å². The van der Waals surface area contributed by atoms with Crippen molar-refractivity contribution in [1.82, 2.24) is 9.97 Å². The van der Waals surface area contributed by atoms with Crippen LogP contribution < -0.4 is 0 Å². The summed E-state index contributed by atoms with van der Waals surface area (Å²) in [4.78, 5) is 10.9. The van der Waals surface area contributed by atoms with Crippen LogP contribution in [0.4, 0.5) is 0 Å². The van der Waals surface area contributed by atoms with Gasteiger partial charge in [-0.2, -0.15) is 0 Å². The molecule has 8 heteroatoms. The van der Waals surface area contributed by atoms with Gasteiger partial charge in [0.1, 0.15) is 0 Å². The summed E-state index contributed by atoms with van der Waals surface area (Å²) in [6, 6.07) is 45.0. The summed E-state index contributed by atoms with van der Waals surface area (Å²) in [7, 11) is 1.00. The fraction of sp³-hybridized carbons (Fsp3) is 0.179. The SMILES string of the molecule is CC(O)C(C)C(O)Cc1ccccc1.CO.[Ir].[c-]1c(-c2ccccn2)sc2ccccc12.[c-]1c(-c2ccccn2)sc2ccccc12. The summed E-state index contributed by atoms with van der Waals surface area (Å²) in [5.41, 5.74) is 3.10. The van der Waals surface area contributed by atoms with Crippen LogP contribution in [0.5, 0.6) is 0 Å². The molecule has 7 rings (SSSR count). The Morgan fingerprint density at radius 2 is 1.02 bits per heavy atom. The zero-order chi connectivity index (χ0) is 32.7. The molecule has 5 nitrogen and oxygen atoms in total. The summed E-state index contributed by atoms with van der Waals surface area (Å²) in [6.07, 6.45) is 3.29. The van der Waals surface area contributed by atoms with E-state index in [-0.39, 0.29) is 26.0 Å². The molecule has 3 atom stereocenters. The van der Waals surface area contributed by atoms with E-state index in [0.717, 1.165) is 33.8 Å². The van der Waals surface area contributed by atoms with Crippen molar-refractivity contribution in [3.05, 3.63) is 145 Å². The zero-order valence-corrected chi connectivity index (χ0v) is 30.5. The second-order valence-electron chi connectivity index (χ2n) is 10.4. The molecule has 0 amide bonds. The Morgan fingerprint density at radius 1 is 0.596 bits per heavy atom. The molecular formula is C39H38IrN2O3S2-2. The number of fused-ring (bicyclic) bond motifs is 2. The van der Waals surface area contributed by atoms with E-state index in [2.05, 4.69) is 58.5 Å². The third-order valence-corrected chi connectivity index (χ3v) is 9.33. The normalized spacial score (nSPS) is 12.1. The van der Waals surface area contributed by atoms with Crippen molar-refractivity contribution in [3.8, 4) is 21.1 Å². The van der Waals surface area contributed by atoms with Gasteiger partial charge in [-0.1, -0.05) is 85.8 Å². The fourth-order valence-electron chi connectivity index (χ4n) is 4.42. The molecule has 3 unspecified atom stereocenters. The van der Waals surface area contributed by atoms with Crippen LogP contribution in [0.25, 0.3) is 41.3 Å². The van der Waals surface area contributed by atoms with Gasteiger partial charge < -0.3 is 25.3 Å². The Morgan fingerprint density at radius 3 is 1.43 bits per heavy atom. The summed E-state index contributed by atoms with van der Waals surface area (Å²) in [5.74, 6) is -0.0878. The maximum atomic E-state index is 9.78. The molecule has 4 aromatic heterocycles. The maximum Gasteiger partial charge on any atom is 0.0630 e. The van der Waals surface area contributed by atoms with Gasteiger partial charge in [-0.25, -0.2) is 22.7 Å². The van der Waals surface area contributed by atoms with Crippen molar-refractivity contribution in [3.63, 3.8) is 0 Å². The van der Waals surface area contributed by atoms with Gasteiger partial charge in [0.25, 0.3) is 0 Å². The van der Waals surface area contributed by atoms with E-state index in [9.17, 15) is 10.2 Å². The first-order valence-electron chi connectivity index (χ1n) is 15.0. The average molecular weight is 839 g/mol. The van der Waals surface area contributed by atoms with E-state index in [1.807, 2.05) is 98.2 Å². The molecule has 0 aliphatic heterocycles. The molecule has 0 fully saturated rings. The number of thiophene rings is 2. The number of rotatable bonds is 6. The van der Waals surface area contributed by atoms with Crippen LogP contribution >= 0.6 is 22.7 Å². The van der Waals surface area contributed by atoms with Crippen molar-refractivity contribution in [2.45, 2.75) is 32.5 Å². The molecule has 0 saturated carbocycles. The third-order valence-electron chi connectivity index (χ3n) is 7.15. The van der Waals surface area contributed by atoms with Crippen LogP contribution in [0, 0.1) is 18.1 Å².